The van der Waals surface area contributed by atoms with Crippen LogP contribution in [0.25, 0.3) is 5.57 Å². The molecule has 0 N–H and O–H groups in total. The number of fused-ring (bicyclic) bond motifs is 3. The molecule has 0 aliphatic heterocycles. The topological polar surface area (TPSA) is 52.6 Å². The van der Waals surface area contributed by atoms with Gasteiger partial charge in [0.05, 0.1) is 5.02 Å². The molecule has 0 spiro atoms. The van der Waals surface area contributed by atoms with E-state index in [-0.39, 0.29) is 27.0 Å². The van der Waals surface area contributed by atoms with Crippen LogP contribution in [0.15, 0.2) is 12.1 Å². The van der Waals surface area contributed by atoms with E-state index in [9.17, 15) is 9.59 Å². The van der Waals surface area contributed by atoms with Crippen molar-refractivity contribution in [1.82, 2.24) is 0 Å². The normalized spacial score (nSPS) is 21.4. The van der Waals surface area contributed by atoms with Gasteiger partial charge in [-0.15, -0.1) is 12.3 Å². The molecule has 1 aromatic carbocycles. The number of terminal acetylenes is 1. The Morgan fingerprint density at radius 3 is 2.83 bits per heavy atom. The van der Waals surface area contributed by atoms with Crippen LogP contribution >= 0.6 is 23.2 Å². The summed E-state index contributed by atoms with van der Waals surface area (Å²) in [6, 6.07) is 1.69. The molecule has 2 aliphatic rings. The maximum Gasteiger partial charge on any atom is 0.352 e. The van der Waals surface area contributed by atoms with Crippen molar-refractivity contribution in [3.8, 4) is 18.1 Å². The SMILES string of the molecule is C#CCC12CCC(=O)C=C1c1c(cc(OOC(C)=O)c(Cl)c1Cl)C2. The van der Waals surface area contributed by atoms with Gasteiger partial charge in [0.25, 0.3) is 0 Å². The van der Waals surface area contributed by atoms with E-state index in [2.05, 4.69) is 10.8 Å². The Hall–Kier alpha value is -1.96. The lowest BCUT2D eigenvalue weighted by Gasteiger charge is -2.32. The number of ketones is 1. The second-order valence-corrected chi connectivity index (χ2v) is 6.81. The van der Waals surface area contributed by atoms with Crippen molar-refractivity contribution < 1.29 is 19.4 Å². The Labute approximate surface area is 149 Å². The highest BCUT2D eigenvalue weighted by Crippen LogP contribution is 2.57. The Kier molecular flexibility index (Phi) is 4.33. The van der Waals surface area contributed by atoms with Crippen LogP contribution in [0.1, 0.15) is 37.3 Å². The van der Waals surface area contributed by atoms with Gasteiger partial charge < -0.3 is 0 Å². The van der Waals surface area contributed by atoms with Crippen molar-refractivity contribution in [3.05, 3.63) is 33.3 Å². The zero-order chi connectivity index (χ0) is 17.5. The highest BCUT2D eigenvalue weighted by Gasteiger charge is 2.45. The zero-order valence-electron chi connectivity index (χ0n) is 12.9. The smallest absolute Gasteiger partial charge is 0.295 e. The molecule has 4 nitrogen and oxygen atoms in total. The molecule has 0 saturated heterocycles. The lowest BCUT2D eigenvalue weighted by molar-refractivity contribution is -0.210. The van der Waals surface area contributed by atoms with Crippen LogP contribution in [0.2, 0.25) is 10.0 Å². The van der Waals surface area contributed by atoms with E-state index in [4.69, 9.17) is 34.5 Å². The van der Waals surface area contributed by atoms with E-state index in [1.807, 2.05) is 0 Å². The number of hydrogen-bond donors (Lipinski definition) is 0. The van der Waals surface area contributed by atoms with Gasteiger partial charge in [0, 0.05) is 30.7 Å². The standard InChI is InChI=1S/C18H14Cl2O4/c1-3-5-18-6-4-12(22)8-13(18)15-11(9-18)7-14(16(19)17(15)20)24-23-10(2)21/h1,7-8H,4-6,9H2,2H3. The van der Waals surface area contributed by atoms with E-state index >= 15 is 0 Å². The monoisotopic (exact) mass is 364 g/mol. The number of hydrogen-bond acceptors (Lipinski definition) is 4. The highest BCUT2D eigenvalue weighted by atomic mass is 35.5. The molecular formula is C18H14Cl2O4. The second-order valence-electron chi connectivity index (χ2n) is 6.06. The van der Waals surface area contributed by atoms with E-state index in [1.54, 1.807) is 12.1 Å². The summed E-state index contributed by atoms with van der Waals surface area (Å²) in [7, 11) is 0. The quantitative estimate of drug-likeness (QED) is 0.459. The lowest BCUT2D eigenvalue weighted by Crippen LogP contribution is -2.25. The molecule has 0 bridgehead atoms. The summed E-state index contributed by atoms with van der Waals surface area (Å²) in [5.74, 6) is 2.32. The summed E-state index contributed by atoms with van der Waals surface area (Å²) in [6.07, 6.45) is 9.46. The predicted molar refractivity (Wildman–Crippen MR) is 90.7 cm³/mol. The van der Waals surface area contributed by atoms with Gasteiger partial charge in [-0.05, 0) is 36.1 Å². The van der Waals surface area contributed by atoms with Crippen molar-refractivity contribution in [3.63, 3.8) is 0 Å². The summed E-state index contributed by atoms with van der Waals surface area (Å²) in [5, 5.41) is 0.406. The Bertz CT molecular complexity index is 819. The molecular weight excluding hydrogens is 351 g/mol. The van der Waals surface area contributed by atoms with E-state index in [1.165, 1.54) is 6.92 Å². The van der Waals surface area contributed by atoms with Gasteiger partial charge >= 0.3 is 5.97 Å². The van der Waals surface area contributed by atoms with Crippen molar-refractivity contribution >= 4 is 40.5 Å². The van der Waals surface area contributed by atoms with Gasteiger partial charge in [-0.3, -0.25) is 14.6 Å². The highest BCUT2D eigenvalue weighted by molar-refractivity contribution is 6.44. The van der Waals surface area contributed by atoms with Crippen LogP contribution in [0.5, 0.6) is 5.75 Å². The minimum atomic E-state index is -0.603. The van der Waals surface area contributed by atoms with Gasteiger partial charge in [-0.1, -0.05) is 23.2 Å². The minimum Gasteiger partial charge on any atom is -0.295 e. The van der Waals surface area contributed by atoms with Crippen molar-refractivity contribution in [2.24, 2.45) is 5.41 Å². The number of carbonyl (C=O) groups is 2. The van der Waals surface area contributed by atoms with Crippen LogP contribution in [0.3, 0.4) is 0 Å². The predicted octanol–water partition coefficient (Wildman–Crippen LogP) is 4.16. The van der Waals surface area contributed by atoms with Crippen molar-refractivity contribution in [2.45, 2.75) is 32.6 Å². The fourth-order valence-corrected chi connectivity index (χ4v) is 3.95. The number of rotatable bonds is 3. The molecule has 124 valence electrons. The molecule has 0 amide bonds. The lowest BCUT2D eigenvalue weighted by atomic mass is 9.70. The third kappa shape index (κ3) is 2.68. The molecule has 0 radical (unpaired) electrons. The third-order valence-corrected chi connectivity index (χ3v) is 5.32. The number of halogens is 2. The first kappa shape index (κ1) is 16.9. The van der Waals surface area contributed by atoms with Gasteiger partial charge in [0.1, 0.15) is 5.02 Å². The summed E-state index contributed by atoms with van der Waals surface area (Å²) in [4.78, 5) is 32.4. The van der Waals surface area contributed by atoms with Gasteiger partial charge in [0.15, 0.2) is 11.5 Å². The van der Waals surface area contributed by atoms with Crippen LogP contribution < -0.4 is 4.89 Å². The first-order valence-corrected chi connectivity index (χ1v) is 8.18. The summed E-state index contributed by atoms with van der Waals surface area (Å²) in [5.41, 5.74) is 2.15. The van der Waals surface area contributed by atoms with E-state index in [0.29, 0.717) is 25.7 Å². The fraction of sp³-hybridized carbons (Fsp3) is 0.333. The molecule has 1 atom stereocenters. The van der Waals surface area contributed by atoms with Crippen LogP contribution in [-0.4, -0.2) is 11.8 Å². The summed E-state index contributed by atoms with van der Waals surface area (Å²) >= 11 is 12.7. The maximum atomic E-state index is 11.9. The van der Waals surface area contributed by atoms with E-state index < -0.39 is 5.97 Å². The third-order valence-electron chi connectivity index (χ3n) is 4.47. The average Bonchev–Trinajstić information content (AvgIpc) is 2.83. The van der Waals surface area contributed by atoms with Crippen LogP contribution in [0.4, 0.5) is 0 Å². The number of benzene rings is 1. The molecule has 1 unspecified atom stereocenters. The van der Waals surface area contributed by atoms with Crippen molar-refractivity contribution in [1.29, 1.82) is 0 Å². The molecule has 24 heavy (non-hydrogen) atoms. The summed E-state index contributed by atoms with van der Waals surface area (Å²) in [6.45, 7) is 1.22. The molecule has 3 rings (SSSR count). The number of allylic oxidation sites excluding steroid dienone is 2. The Morgan fingerprint density at radius 1 is 1.42 bits per heavy atom. The molecule has 6 heteroatoms. The van der Waals surface area contributed by atoms with Gasteiger partial charge in [-0.25, -0.2) is 4.79 Å². The average molecular weight is 365 g/mol. The Morgan fingerprint density at radius 2 is 2.17 bits per heavy atom. The minimum absolute atomic E-state index is 0.0536. The fourth-order valence-electron chi connectivity index (χ4n) is 3.46. The molecule has 2 aliphatic carbocycles. The van der Waals surface area contributed by atoms with Crippen LogP contribution in [0, 0.1) is 17.8 Å². The van der Waals surface area contributed by atoms with Crippen LogP contribution in [-0.2, 0) is 20.9 Å². The Balaban J connectivity index is 2.12. The van der Waals surface area contributed by atoms with Gasteiger partial charge in [-0.2, -0.15) is 0 Å². The molecule has 1 aromatic rings. The first-order valence-electron chi connectivity index (χ1n) is 7.43. The maximum absolute atomic E-state index is 11.9. The van der Waals surface area contributed by atoms with Crippen molar-refractivity contribution in [2.75, 3.05) is 0 Å². The summed E-state index contributed by atoms with van der Waals surface area (Å²) < 4.78 is 0. The molecule has 0 saturated carbocycles. The van der Waals surface area contributed by atoms with Gasteiger partial charge in [0.2, 0.25) is 0 Å². The number of carbonyl (C=O) groups excluding carboxylic acids is 2. The molecule has 0 fully saturated rings. The molecule has 0 heterocycles. The first-order chi connectivity index (χ1) is 11.4. The van der Waals surface area contributed by atoms with E-state index in [0.717, 1.165) is 16.7 Å². The zero-order valence-corrected chi connectivity index (χ0v) is 14.5. The largest absolute Gasteiger partial charge is 0.352 e. The molecule has 0 aromatic heterocycles. The second kappa shape index (κ2) is 6.16.